The first-order valence-electron chi connectivity index (χ1n) is 8.21. The van der Waals surface area contributed by atoms with E-state index in [0.717, 1.165) is 11.3 Å². The highest BCUT2D eigenvalue weighted by molar-refractivity contribution is 5.95. The number of carbonyl (C=O) groups is 1. The third-order valence-electron chi connectivity index (χ3n) is 4.18. The Hall–Kier alpha value is -3.68. The van der Waals surface area contributed by atoms with Gasteiger partial charge in [-0.1, -0.05) is 12.1 Å². The summed E-state index contributed by atoms with van der Waals surface area (Å²) in [4.78, 5) is 27.0. The molecular weight excluding hydrogens is 348 g/mol. The van der Waals surface area contributed by atoms with Crippen molar-refractivity contribution in [1.29, 1.82) is 0 Å². The Morgan fingerprint density at radius 1 is 1.26 bits per heavy atom. The van der Waals surface area contributed by atoms with Gasteiger partial charge in [0.25, 0.3) is 5.91 Å². The third kappa shape index (κ3) is 3.95. The minimum Gasteiger partial charge on any atom is -0.490 e. The first kappa shape index (κ1) is 18.1. The molecule has 1 atom stereocenters. The number of aromatic nitrogens is 2. The lowest BCUT2D eigenvalue weighted by atomic mass is 10.1. The van der Waals surface area contributed by atoms with E-state index in [0.29, 0.717) is 0 Å². The normalized spacial score (nSPS) is 11.6. The molecule has 0 spiro atoms. The Morgan fingerprint density at radius 2 is 2.00 bits per heavy atom. The van der Waals surface area contributed by atoms with Gasteiger partial charge in [-0.05, 0) is 36.8 Å². The van der Waals surface area contributed by atoms with Crippen molar-refractivity contribution < 1.29 is 14.5 Å². The van der Waals surface area contributed by atoms with Crippen molar-refractivity contribution in [3.63, 3.8) is 0 Å². The lowest BCUT2D eigenvalue weighted by Crippen LogP contribution is -2.26. The SMILES string of the molecule is COc1ccc(C(=O)N[C@H](C)c2ccc(-n3ccnc3)cc2)cc1[N+](=O)[O-]. The first-order chi connectivity index (χ1) is 13.0. The van der Waals surface area contributed by atoms with Crippen LogP contribution >= 0.6 is 0 Å². The molecular formula is C19H18N4O4. The molecule has 3 rings (SSSR count). The minimum atomic E-state index is -0.576. The molecule has 1 heterocycles. The highest BCUT2D eigenvalue weighted by Gasteiger charge is 2.19. The zero-order valence-corrected chi connectivity index (χ0v) is 14.8. The van der Waals surface area contributed by atoms with Crippen LogP contribution in [0.15, 0.2) is 61.2 Å². The van der Waals surface area contributed by atoms with Crippen LogP contribution in [0, 0.1) is 10.1 Å². The van der Waals surface area contributed by atoms with Crippen LogP contribution in [-0.2, 0) is 0 Å². The van der Waals surface area contributed by atoms with E-state index in [9.17, 15) is 14.9 Å². The van der Waals surface area contributed by atoms with Crippen molar-refractivity contribution in [2.24, 2.45) is 0 Å². The molecule has 2 aromatic carbocycles. The molecule has 0 aliphatic heterocycles. The molecule has 0 aliphatic rings. The predicted octanol–water partition coefficient (Wildman–Crippen LogP) is 3.28. The summed E-state index contributed by atoms with van der Waals surface area (Å²) in [5.74, 6) is -0.286. The number of carbonyl (C=O) groups excluding carboxylic acids is 1. The van der Waals surface area contributed by atoms with E-state index in [4.69, 9.17) is 4.74 Å². The standard InChI is InChI=1S/C19H18N4O4/c1-13(14-3-6-16(7-4-14)22-10-9-20-12-22)21-19(24)15-5-8-18(27-2)17(11-15)23(25)26/h3-13H,1-2H3,(H,21,24)/t13-/m1/s1. The molecule has 0 unspecified atom stereocenters. The maximum absolute atomic E-state index is 12.5. The molecule has 1 aromatic heterocycles. The summed E-state index contributed by atoms with van der Waals surface area (Å²) in [6.07, 6.45) is 5.25. The number of benzene rings is 2. The number of imidazole rings is 1. The lowest BCUT2D eigenvalue weighted by Gasteiger charge is -2.15. The molecule has 0 bridgehead atoms. The average molecular weight is 366 g/mol. The summed E-state index contributed by atoms with van der Waals surface area (Å²) in [6.45, 7) is 1.85. The number of amides is 1. The first-order valence-corrected chi connectivity index (χ1v) is 8.21. The number of nitro benzene ring substituents is 1. The second kappa shape index (κ2) is 7.69. The van der Waals surface area contributed by atoms with Crippen LogP contribution in [0.2, 0.25) is 0 Å². The number of hydrogen-bond acceptors (Lipinski definition) is 5. The predicted molar refractivity (Wildman–Crippen MR) is 99.1 cm³/mol. The van der Waals surface area contributed by atoms with E-state index in [1.54, 1.807) is 12.5 Å². The monoisotopic (exact) mass is 366 g/mol. The molecule has 0 aliphatic carbocycles. The number of methoxy groups -OCH3 is 1. The number of nitrogens with zero attached hydrogens (tertiary/aromatic N) is 3. The number of rotatable bonds is 6. The maximum Gasteiger partial charge on any atom is 0.311 e. The van der Waals surface area contributed by atoms with Gasteiger partial charge in [0, 0.05) is 29.7 Å². The third-order valence-corrected chi connectivity index (χ3v) is 4.18. The molecule has 1 amide bonds. The summed E-state index contributed by atoms with van der Waals surface area (Å²) < 4.78 is 6.83. The zero-order valence-electron chi connectivity index (χ0n) is 14.8. The van der Waals surface area contributed by atoms with Crippen molar-refractivity contribution in [2.45, 2.75) is 13.0 Å². The Morgan fingerprint density at radius 3 is 2.59 bits per heavy atom. The Kier molecular flexibility index (Phi) is 5.16. The topological polar surface area (TPSA) is 99.3 Å². The smallest absolute Gasteiger partial charge is 0.311 e. The van der Waals surface area contributed by atoms with Gasteiger partial charge in [-0.15, -0.1) is 0 Å². The van der Waals surface area contributed by atoms with Crippen LogP contribution in [0.3, 0.4) is 0 Å². The van der Waals surface area contributed by atoms with Crippen molar-refractivity contribution in [3.8, 4) is 11.4 Å². The van der Waals surface area contributed by atoms with Gasteiger partial charge in [-0.2, -0.15) is 0 Å². The van der Waals surface area contributed by atoms with Gasteiger partial charge in [0.2, 0.25) is 0 Å². The van der Waals surface area contributed by atoms with Crippen molar-refractivity contribution in [1.82, 2.24) is 14.9 Å². The highest BCUT2D eigenvalue weighted by atomic mass is 16.6. The number of hydrogen-bond donors (Lipinski definition) is 1. The van der Waals surface area contributed by atoms with Crippen LogP contribution in [0.4, 0.5) is 5.69 Å². The zero-order chi connectivity index (χ0) is 19.4. The minimum absolute atomic E-state index is 0.111. The molecule has 0 fully saturated rings. The van der Waals surface area contributed by atoms with Gasteiger partial charge in [0.1, 0.15) is 0 Å². The van der Waals surface area contributed by atoms with Crippen LogP contribution in [0.1, 0.15) is 28.9 Å². The van der Waals surface area contributed by atoms with Gasteiger partial charge in [0.15, 0.2) is 5.75 Å². The van der Waals surface area contributed by atoms with Crippen molar-refractivity contribution in [2.75, 3.05) is 7.11 Å². The van der Waals surface area contributed by atoms with E-state index >= 15 is 0 Å². The molecule has 0 saturated heterocycles. The van der Waals surface area contributed by atoms with Gasteiger partial charge in [-0.25, -0.2) is 4.98 Å². The van der Waals surface area contributed by atoms with E-state index in [1.165, 1.54) is 25.3 Å². The molecule has 8 heteroatoms. The second-order valence-electron chi connectivity index (χ2n) is 5.90. The van der Waals surface area contributed by atoms with Crippen LogP contribution in [-0.4, -0.2) is 27.5 Å². The summed E-state index contributed by atoms with van der Waals surface area (Å²) >= 11 is 0. The summed E-state index contributed by atoms with van der Waals surface area (Å²) in [5.41, 5.74) is 1.82. The molecule has 8 nitrogen and oxygen atoms in total. The van der Waals surface area contributed by atoms with Crippen LogP contribution < -0.4 is 10.1 Å². The Balaban J connectivity index is 1.74. The second-order valence-corrected chi connectivity index (χ2v) is 5.90. The fourth-order valence-electron chi connectivity index (χ4n) is 2.68. The van der Waals surface area contributed by atoms with Crippen LogP contribution in [0.5, 0.6) is 5.75 Å². The number of nitro groups is 1. The molecule has 0 saturated carbocycles. The summed E-state index contributed by atoms with van der Waals surface area (Å²) in [6, 6.07) is 11.5. The quantitative estimate of drug-likeness (QED) is 0.533. The Labute approximate surface area is 155 Å². The summed E-state index contributed by atoms with van der Waals surface area (Å²) in [5, 5.41) is 14.0. The summed E-state index contributed by atoms with van der Waals surface area (Å²) in [7, 11) is 1.34. The molecule has 138 valence electrons. The molecule has 3 aromatic rings. The number of nitrogens with one attached hydrogen (secondary N) is 1. The molecule has 27 heavy (non-hydrogen) atoms. The largest absolute Gasteiger partial charge is 0.490 e. The van der Waals surface area contributed by atoms with E-state index in [-0.39, 0.29) is 23.0 Å². The fourth-order valence-corrected chi connectivity index (χ4v) is 2.68. The van der Waals surface area contributed by atoms with Gasteiger partial charge in [-0.3, -0.25) is 14.9 Å². The fraction of sp³-hybridized carbons (Fsp3) is 0.158. The van der Waals surface area contributed by atoms with E-state index in [2.05, 4.69) is 10.3 Å². The number of ether oxygens (including phenoxy) is 1. The average Bonchev–Trinajstić information content (AvgIpc) is 3.22. The maximum atomic E-state index is 12.5. The lowest BCUT2D eigenvalue weighted by molar-refractivity contribution is -0.385. The highest BCUT2D eigenvalue weighted by Crippen LogP contribution is 2.27. The van der Waals surface area contributed by atoms with Crippen LogP contribution in [0.25, 0.3) is 5.69 Å². The van der Waals surface area contributed by atoms with E-state index < -0.39 is 10.8 Å². The molecule has 0 radical (unpaired) electrons. The van der Waals surface area contributed by atoms with Crippen molar-refractivity contribution >= 4 is 11.6 Å². The Bertz CT molecular complexity index is 952. The van der Waals surface area contributed by atoms with E-state index in [1.807, 2.05) is 42.0 Å². The van der Waals surface area contributed by atoms with Gasteiger partial charge in [0.05, 0.1) is 24.4 Å². The van der Waals surface area contributed by atoms with Crippen molar-refractivity contribution in [3.05, 3.63) is 82.4 Å². The van der Waals surface area contributed by atoms with Gasteiger partial charge >= 0.3 is 5.69 Å². The molecule has 1 N–H and O–H groups in total. The van der Waals surface area contributed by atoms with Gasteiger partial charge < -0.3 is 14.6 Å².